The van der Waals surface area contributed by atoms with Crippen molar-refractivity contribution in [3.63, 3.8) is 0 Å². The zero-order chi connectivity index (χ0) is 9.22. The number of fused-ring (bicyclic) bond motifs is 5. The molecule has 0 aromatic heterocycles. The van der Waals surface area contributed by atoms with Gasteiger partial charge in [0.15, 0.2) is 5.78 Å². The number of alkyl halides is 1. The smallest absolute Gasteiger partial charge is 0.164 e. The summed E-state index contributed by atoms with van der Waals surface area (Å²) in [5, 5.41) is 0. The molecule has 0 spiro atoms. The number of carbonyl (C=O) groups excluding carboxylic acids is 2. The highest BCUT2D eigenvalue weighted by Gasteiger charge is 2.68. The van der Waals surface area contributed by atoms with Crippen LogP contribution in [0.3, 0.4) is 0 Å². The van der Waals surface area contributed by atoms with Crippen LogP contribution in [-0.4, -0.2) is 28.6 Å². The Balaban J connectivity index is 2.12. The van der Waals surface area contributed by atoms with E-state index < -0.39 is 4.87 Å². The molecule has 2 aliphatic heterocycles. The summed E-state index contributed by atoms with van der Waals surface area (Å²) in [6, 6.07) is 0. The van der Waals surface area contributed by atoms with Crippen molar-refractivity contribution in [1.82, 2.24) is 0 Å². The van der Waals surface area contributed by atoms with Crippen LogP contribution in [0.5, 0.6) is 0 Å². The number of hydrogen-bond acceptors (Lipinski definition) is 3. The first kappa shape index (κ1) is 7.94. The lowest BCUT2D eigenvalue weighted by molar-refractivity contribution is -0.125. The third kappa shape index (κ3) is 0.716. The zero-order valence-corrected chi connectivity index (χ0v) is 7.71. The molecule has 0 aromatic carbocycles. The molecule has 4 atom stereocenters. The van der Waals surface area contributed by atoms with E-state index in [-0.39, 0.29) is 36.1 Å². The van der Waals surface area contributed by atoms with Gasteiger partial charge >= 0.3 is 0 Å². The molecule has 3 nitrogen and oxygen atoms in total. The Morgan fingerprint density at radius 1 is 1.38 bits per heavy atom. The fourth-order valence-corrected chi connectivity index (χ4v) is 3.38. The van der Waals surface area contributed by atoms with Gasteiger partial charge in [0, 0.05) is 0 Å². The van der Waals surface area contributed by atoms with Gasteiger partial charge in [-0.25, -0.2) is 0 Å². The number of carbonyl (C=O) groups is 2. The predicted octanol–water partition coefficient (Wildman–Crippen LogP) is 0.683. The van der Waals surface area contributed by atoms with Crippen molar-refractivity contribution in [3.8, 4) is 0 Å². The van der Waals surface area contributed by atoms with E-state index in [0.717, 1.165) is 12.8 Å². The molecule has 4 heteroatoms. The summed E-state index contributed by atoms with van der Waals surface area (Å²) in [5.74, 6) is -0.496. The van der Waals surface area contributed by atoms with Crippen LogP contribution in [0.4, 0.5) is 0 Å². The predicted molar refractivity (Wildman–Crippen MR) is 44.6 cm³/mol. The van der Waals surface area contributed by atoms with Gasteiger partial charge < -0.3 is 4.74 Å². The van der Waals surface area contributed by atoms with Crippen LogP contribution in [0.15, 0.2) is 0 Å². The number of rotatable bonds is 0. The van der Waals surface area contributed by atoms with E-state index in [0.29, 0.717) is 0 Å². The maximum absolute atomic E-state index is 11.5. The molecule has 1 saturated carbocycles. The van der Waals surface area contributed by atoms with Gasteiger partial charge in [0.05, 0.1) is 24.5 Å². The first-order valence-corrected chi connectivity index (χ1v) is 4.92. The summed E-state index contributed by atoms with van der Waals surface area (Å²) >= 11 is 6.21. The van der Waals surface area contributed by atoms with Crippen molar-refractivity contribution >= 4 is 23.2 Å². The van der Waals surface area contributed by atoms with Gasteiger partial charge in [-0.3, -0.25) is 9.59 Å². The van der Waals surface area contributed by atoms with Crippen LogP contribution < -0.4 is 0 Å². The van der Waals surface area contributed by atoms with E-state index in [1.54, 1.807) is 0 Å². The average molecular weight is 201 g/mol. The van der Waals surface area contributed by atoms with Gasteiger partial charge in [0.2, 0.25) is 0 Å². The quantitative estimate of drug-likeness (QED) is 0.427. The summed E-state index contributed by atoms with van der Waals surface area (Å²) in [5.41, 5.74) is 0. The highest BCUT2D eigenvalue weighted by molar-refractivity contribution is 6.42. The van der Waals surface area contributed by atoms with E-state index in [2.05, 4.69) is 0 Å². The molecular weight excluding hydrogens is 192 g/mol. The fourth-order valence-electron chi connectivity index (χ4n) is 2.89. The Morgan fingerprint density at radius 2 is 2.15 bits per heavy atom. The molecule has 2 saturated heterocycles. The number of ether oxygens (including phenoxy) is 1. The maximum Gasteiger partial charge on any atom is 0.164 e. The van der Waals surface area contributed by atoms with Crippen molar-refractivity contribution < 1.29 is 14.3 Å². The maximum atomic E-state index is 11.5. The molecule has 0 N–H and O–H groups in total. The van der Waals surface area contributed by atoms with Crippen LogP contribution >= 0.6 is 11.6 Å². The number of Topliss-reactive ketones (excluding diaryl/α,β-unsaturated/α-hetero) is 2. The minimum Gasteiger partial charge on any atom is -0.372 e. The third-order valence-electron chi connectivity index (χ3n) is 3.45. The minimum absolute atomic E-state index is 0.0184. The van der Waals surface area contributed by atoms with Gasteiger partial charge in [-0.1, -0.05) is 0 Å². The molecule has 1 aliphatic carbocycles. The first-order valence-electron chi connectivity index (χ1n) is 4.54. The molecule has 3 aliphatic rings. The Kier molecular flexibility index (Phi) is 1.31. The fraction of sp³-hybridized carbons (Fsp3) is 0.778. The van der Waals surface area contributed by atoms with E-state index in [9.17, 15) is 9.59 Å². The second-order valence-corrected chi connectivity index (χ2v) is 4.68. The van der Waals surface area contributed by atoms with E-state index in [1.165, 1.54) is 0 Å². The Labute approximate surface area is 80.4 Å². The number of ketones is 2. The average Bonchev–Trinajstić information content (AvgIpc) is 2.66. The minimum atomic E-state index is -0.986. The molecule has 70 valence electrons. The van der Waals surface area contributed by atoms with Gasteiger partial charge in [-0.2, -0.15) is 0 Å². The summed E-state index contributed by atoms with van der Waals surface area (Å²) < 4.78 is 5.51. The van der Waals surface area contributed by atoms with Crippen LogP contribution in [-0.2, 0) is 14.3 Å². The molecule has 0 amide bonds. The van der Waals surface area contributed by atoms with Gasteiger partial charge in [0.1, 0.15) is 10.7 Å². The van der Waals surface area contributed by atoms with Crippen LogP contribution in [0, 0.1) is 5.92 Å². The van der Waals surface area contributed by atoms with Crippen molar-refractivity contribution in [2.24, 2.45) is 5.92 Å². The lowest BCUT2D eigenvalue weighted by atomic mass is 9.80. The van der Waals surface area contributed by atoms with E-state index >= 15 is 0 Å². The monoisotopic (exact) mass is 200 g/mol. The van der Waals surface area contributed by atoms with Crippen molar-refractivity contribution in [2.45, 2.75) is 36.3 Å². The van der Waals surface area contributed by atoms with Crippen molar-refractivity contribution in [1.29, 1.82) is 0 Å². The molecule has 2 bridgehead atoms. The van der Waals surface area contributed by atoms with Crippen molar-refractivity contribution in [2.75, 3.05) is 0 Å². The third-order valence-corrected chi connectivity index (χ3v) is 4.14. The van der Waals surface area contributed by atoms with Gasteiger partial charge in [-0.05, 0) is 12.8 Å². The summed E-state index contributed by atoms with van der Waals surface area (Å²) in [4.78, 5) is 22.0. The molecule has 3 fully saturated rings. The standard InChI is InChI=1S/C9H9ClO3/c10-9-6(12)3-4(11)8(9)5-1-2-7(9)13-5/h5,7-8H,1-3H2/t5-,7+,8-,9-/m0/s1. The van der Waals surface area contributed by atoms with E-state index in [1.807, 2.05) is 0 Å². The van der Waals surface area contributed by atoms with Crippen LogP contribution in [0.2, 0.25) is 0 Å². The lowest BCUT2D eigenvalue weighted by Gasteiger charge is -2.26. The molecule has 0 aromatic rings. The Bertz CT molecular complexity index is 314. The molecule has 0 unspecified atom stereocenters. The number of hydrogen-bond donors (Lipinski definition) is 0. The molecule has 0 radical (unpaired) electrons. The van der Waals surface area contributed by atoms with Gasteiger partial charge in [-0.15, -0.1) is 11.6 Å². The highest BCUT2D eigenvalue weighted by Crippen LogP contribution is 2.54. The van der Waals surface area contributed by atoms with Crippen LogP contribution in [0.1, 0.15) is 19.3 Å². The molecular formula is C9H9ClO3. The SMILES string of the molecule is O=C1CC(=O)[C@]2(Cl)[C@H]3CC[C@H](O3)[C@H]12. The van der Waals surface area contributed by atoms with Crippen LogP contribution in [0.25, 0.3) is 0 Å². The molecule has 2 heterocycles. The lowest BCUT2D eigenvalue weighted by Crippen LogP contribution is -2.44. The van der Waals surface area contributed by atoms with Crippen molar-refractivity contribution in [3.05, 3.63) is 0 Å². The van der Waals surface area contributed by atoms with Gasteiger partial charge in [0.25, 0.3) is 0 Å². The molecule has 13 heavy (non-hydrogen) atoms. The highest BCUT2D eigenvalue weighted by atomic mass is 35.5. The normalized spacial score (nSPS) is 53.2. The second kappa shape index (κ2) is 2.15. The topological polar surface area (TPSA) is 43.4 Å². The Morgan fingerprint density at radius 3 is 2.85 bits per heavy atom. The van der Waals surface area contributed by atoms with E-state index in [4.69, 9.17) is 16.3 Å². The number of halogens is 1. The summed E-state index contributed by atoms with van der Waals surface area (Å²) in [7, 11) is 0. The first-order chi connectivity index (χ1) is 6.14. The molecule has 3 rings (SSSR count). The summed E-state index contributed by atoms with van der Waals surface area (Å²) in [6.07, 6.45) is 1.43. The second-order valence-electron chi connectivity index (χ2n) is 4.05. The Hall–Kier alpha value is -0.410. The zero-order valence-electron chi connectivity index (χ0n) is 6.96. The largest absolute Gasteiger partial charge is 0.372 e. The summed E-state index contributed by atoms with van der Waals surface area (Å²) in [6.45, 7) is 0.